The topological polar surface area (TPSA) is 84.0 Å². The van der Waals surface area contributed by atoms with Gasteiger partial charge >= 0.3 is 0 Å². The van der Waals surface area contributed by atoms with Gasteiger partial charge in [0.2, 0.25) is 5.91 Å². The average molecular weight is 392 g/mol. The molecule has 1 aliphatic heterocycles. The molecule has 138 valence electrons. The number of nitrogens with zero attached hydrogens (tertiary/aromatic N) is 5. The Kier molecular flexibility index (Phi) is 6.66. The second kappa shape index (κ2) is 9.16. The summed E-state index contributed by atoms with van der Waals surface area (Å²) in [6, 6.07) is 6.07. The molecule has 2 aromatic heterocycles. The lowest BCUT2D eigenvalue weighted by molar-refractivity contribution is -0.127. The minimum Gasteiger partial charge on any atom is -0.376 e. The molecule has 0 bridgehead atoms. The number of ether oxygens (including phenoxy) is 1. The zero-order chi connectivity index (χ0) is 18.4. The molecule has 1 unspecified atom stereocenters. The van der Waals surface area contributed by atoms with Crippen LogP contribution in [-0.4, -0.2) is 57.6 Å². The lowest BCUT2D eigenvalue weighted by Crippen LogP contribution is -2.29. The van der Waals surface area contributed by atoms with Crippen LogP contribution in [-0.2, 0) is 16.1 Å². The van der Waals surface area contributed by atoms with E-state index in [1.54, 1.807) is 23.3 Å². The summed E-state index contributed by atoms with van der Waals surface area (Å²) in [4.78, 5) is 14.9. The minimum absolute atomic E-state index is 0.0189. The van der Waals surface area contributed by atoms with Gasteiger partial charge in [0.1, 0.15) is 0 Å². The Morgan fingerprint density at radius 1 is 1.58 bits per heavy atom. The van der Waals surface area contributed by atoms with Crippen molar-refractivity contribution in [3.05, 3.63) is 17.5 Å². The number of aromatic nitrogens is 3. The van der Waals surface area contributed by atoms with Crippen LogP contribution in [0.2, 0.25) is 0 Å². The summed E-state index contributed by atoms with van der Waals surface area (Å²) < 4.78 is 7.84. The number of nitriles is 1. The third-order valence-corrected chi connectivity index (χ3v) is 6.00. The molecule has 1 amide bonds. The highest BCUT2D eigenvalue weighted by Gasteiger charge is 2.23. The lowest BCUT2D eigenvalue weighted by atomic mass is 10.2. The molecule has 0 radical (unpaired) electrons. The maximum atomic E-state index is 12.2. The molecule has 0 N–H and O–H groups in total. The molecule has 0 aromatic carbocycles. The van der Waals surface area contributed by atoms with E-state index >= 15 is 0 Å². The molecule has 1 fully saturated rings. The normalized spacial score (nSPS) is 16.5. The van der Waals surface area contributed by atoms with E-state index in [2.05, 4.69) is 20.8 Å². The van der Waals surface area contributed by atoms with Crippen LogP contribution in [0.25, 0.3) is 10.7 Å². The molecule has 0 aliphatic carbocycles. The van der Waals surface area contributed by atoms with E-state index in [4.69, 9.17) is 10.00 Å². The van der Waals surface area contributed by atoms with Crippen molar-refractivity contribution in [3.63, 3.8) is 0 Å². The number of hydrogen-bond acceptors (Lipinski definition) is 7. The summed E-state index contributed by atoms with van der Waals surface area (Å²) in [5, 5.41) is 20.1. The van der Waals surface area contributed by atoms with Crippen LogP contribution >= 0.6 is 23.1 Å². The van der Waals surface area contributed by atoms with Crippen molar-refractivity contribution in [1.29, 1.82) is 5.26 Å². The van der Waals surface area contributed by atoms with Gasteiger partial charge < -0.3 is 9.64 Å². The average Bonchev–Trinajstić information content (AvgIpc) is 3.39. The number of thiophene rings is 1. The maximum absolute atomic E-state index is 12.2. The van der Waals surface area contributed by atoms with E-state index in [1.807, 2.05) is 17.5 Å². The fraction of sp³-hybridized carbons (Fsp3) is 0.529. The first kappa shape index (κ1) is 18.9. The van der Waals surface area contributed by atoms with E-state index in [0.29, 0.717) is 19.5 Å². The molecule has 0 saturated carbocycles. The Morgan fingerprint density at radius 2 is 2.46 bits per heavy atom. The summed E-state index contributed by atoms with van der Waals surface area (Å²) in [5.74, 6) is 1.08. The van der Waals surface area contributed by atoms with Gasteiger partial charge in [-0.2, -0.15) is 5.26 Å². The second-order valence-corrected chi connectivity index (χ2v) is 7.93. The van der Waals surface area contributed by atoms with Gasteiger partial charge in [-0.25, -0.2) is 0 Å². The quantitative estimate of drug-likeness (QED) is 0.643. The monoisotopic (exact) mass is 391 g/mol. The van der Waals surface area contributed by atoms with Gasteiger partial charge in [0, 0.05) is 20.2 Å². The third-order valence-electron chi connectivity index (χ3n) is 4.18. The fourth-order valence-electron chi connectivity index (χ4n) is 2.72. The van der Waals surface area contributed by atoms with Gasteiger partial charge in [-0.1, -0.05) is 17.8 Å². The van der Waals surface area contributed by atoms with Crippen molar-refractivity contribution in [2.24, 2.45) is 0 Å². The molecular weight excluding hydrogens is 370 g/mol. The van der Waals surface area contributed by atoms with Crippen molar-refractivity contribution in [2.75, 3.05) is 26.0 Å². The Bertz CT molecular complexity index is 763. The van der Waals surface area contributed by atoms with Gasteiger partial charge in [-0.15, -0.1) is 21.5 Å². The van der Waals surface area contributed by atoms with Crippen molar-refractivity contribution in [2.45, 2.75) is 37.1 Å². The second-order valence-electron chi connectivity index (χ2n) is 6.04. The van der Waals surface area contributed by atoms with E-state index in [1.165, 1.54) is 11.8 Å². The predicted molar refractivity (Wildman–Crippen MR) is 101 cm³/mol. The third kappa shape index (κ3) is 4.63. The number of carbonyl (C=O) groups excluding carboxylic acids is 1. The van der Waals surface area contributed by atoms with Crippen LogP contribution in [0.5, 0.6) is 0 Å². The Morgan fingerprint density at radius 3 is 3.15 bits per heavy atom. The highest BCUT2D eigenvalue weighted by molar-refractivity contribution is 7.99. The van der Waals surface area contributed by atoms with Crippen LogP contribution in [0.4, 0.5) is 0 Å². The van der Waals surface area contributed by atoms with Gasteiger partial charge in [-0.05, 0) is 24.3 Å². The van der Waals surface area contributed by atoms with E-state index in [-0.39, 0.29) is 17.8 Å². The number of amides is 1. The van der Waals surface area contributed by atoms with Crippen LogP contribution in [0, 0.1) is 11.3 Å². The van der Waals surface area contributed by atoms with Crippen molar-refractivity contribution in [1.82, 2.24) is 19.7 Å². The highest BCUT2D eigenvalue weighted by atomic mass is 32.2. The first-order valence-corrected chi connectivity index (χ1v) is 10.4. The minimum atomic E-state index is -0.0189. The molecule has 3 heterocycles. The van der Waals surface area contributed by atoms with Crippen LogP contribution in [0.3, 0.4) is 0 Å². The molecule has 1 saturated heterocycles. The number of hydrogen-bond donors (Lipinski definition) is 0. The van der Waals surface area contributed by atoms with Gasteiger partial charge in [0.05, 0.1) is 35.8 Å². The fourth-order valence-corrected chi connectivity index (χ4v) is 4.32. The van der Waals surface area contributed by atoms with Crippen LogP contribution < -0.4 is 0 Å². The summed E-state index contributed by atoms with van der Waals surface area (Å²) in [6.45, 7) is 1.94. The highest BCUT2D eigenvalue weighted by Crippen LogP contribution is 2.29. The SMILES string of the molecule is CN(CCC#N)C(=O)CSc1nnc(-c2cccs2)n1CC1CCCO1. The zero-order valence-electron chi connectivity index (χ0n) is 14.6. The Balaban J connectivity index is 1.71. The van der Waals surface area contributed by atoms with Crippen molar-refractivity contribution in [3.8, 4) is 16.8 Å². The van der Waals surface area contributed by atoms with Gasteiger partial charge in [0.15, 0.2) is 11.0 Å². The first-order valence-electron chi connectivity index (χ1n) is 8.51. The molecule has 7 nitrogen and oxygen atoms in total. The largest absolute Gasteiger partial charge is 0.376 e. The lowest BCUT2D eigenvalue weighted by Gasteiger charge is -2.16. The van der Waals surface area contributed by atoms with Gasteiger partial charge in [-0.3, -0.25) is 9.36 Å². The molecule has 9 heteroatoms. The van der Waals surface area contributed by atoms with Gasteiger partial charge in [0.25, 0.3) is 0 Å². The maximum Gasteiger partial charge on any atom is 0.232 e. The summed E-state index contributed by atoms with van der Waals surface area (Å²) >= 11 is 3.00. The molecule has 1 atom stereocenters. The number of rotatable bonds is 8. The van der Waals surface area contributed by atoms with E-state index in [9.17, 15) is 4.79 Å². The van der Waals surface area contributed by atoms with Crippen LogP contribution in [0.1, 0.15) is 19.3 Å². The van der Waals surface area contributed by atoms with E-state index < -0.39 is 0 Å². The van der Waals surface area contributed by atoms with E-state index in [0.717, 1.165) is 35.3 Å². The summed E-state index contributed by atoms with van der Waals surface area (Å²) in [6.07, 6.45) is 2.61. The summed E-state index contributed by atoms with van der Waals surface area (Å²) in [5.41, 5.74) is 0. The van der Waals surface area contributed by atoms with Crippen molar-refractivity contribution < 1.29 is 9.53 Å². The summed E-state index contributed by atoms with van der Waals surface area (Å²) in [7, 11) is 1.72. The smallest absolute Gasteiger partial charge is 0.232 e. The number of carbonyl (C=O) groups is 1. The predicted octanol–water partition coefficient (Wildman–Crippen LogP) is 2.65. The molecule has 26 heavy (non-hydrogen) atoms. The first-order chi connectivity index (χ1) is 12.7. The standard InChI is InChI=1S/C17H21N5O2S2/c1-21(8-4-7-18)15(23)12-26-17-20-19-16(14-6-3-10-25-14)22(17)11-13-5-2-9-24-13/h3,6,10,13H,2,4-5,8-9,11-12H2,1H3. The van der Waals surface area contributed by atoms with Crippen molar-refractivity contribution >= 4 is 29.0 Å². The number of thioether (sulfide) groups is 1. The molecule has 2 aromatic rings. The molecular formula is C17H21N5O2S2. The van der Waals surface area contributed by atoms with Crippen LogP contribution in [0.15, 0.2) is 22.7 Å². The molecule has 1 aliphatic rings. The zero-order valence-corrected chi connectivity index (χ0v) is 16.3. The Hall–Kier alpha value is -1.89. The Labute approximate surface area is 161 Å². The molecule has 3 rings (SSSR count). The molecule has 0 spiro atoms.